The predicted octanol–water partition coefficient (Wildman–Crippen LogP) is 2.21. The molecule has 0 fully saturated rings. The van der Waals surface area contributed by atoms with Gasteiger partial charge in [0.2, 0.25) is 5.91 Å². The summed E-state index contributed by atoms with van der Waals surface area (Å²) >= 11 is 0. The Morgan fingerprint density at radius 1 is 1.26 bits per heavy atom. The molecule has 0 aromatic heterocycles. The van der Waals surface area contributed by atoms with Gasteiger partial charge in [-0.1, -0.05) is 32.0 Å². The van der Waals surface area contributed by atoms with Crippen molar-refractivity contribution >= 4 is 11.6 Å². The number of nitrogens with zero attached hydrogens (tertiary/aromatic N) is 1. The zero-order chi connectivity index (χ0) is 14.1. The van der Waals surface area contributed by atoms with Crippen molar-refractivity contribution in [3.63, 3.8) is 0 Å². The highest BCUT2D eigenvalue weighted by Gasteiger charge is 2.08. The zero-order valence-corrected chi connectivity index (χ0v) is 12.0. The van der Waals surface area contributed by atoms with Crippen LogP contribution in [0.5, 0.6) is 0 Å². The summed E-state index contributed by atoms with van der Waals surface area (Å²) in [6.07, 6.45) is 1.64. The maximum atomic E-state index is 11.9. The molecule has 0 aliphatic rings. The molecular weight excluding hydrogens is 238 g/mol. The fraction of sp³-hybridized carbons (Fsp3) is 0.533. The van der Waals surface area contributed by atoms with Crippen LogP contribution in [-0.4, -0.2) is 30.4 Å². The highest BCUT2D eigenvalue weighted by molar-refractivity contribution is 5.91. The van der Waals surface area contributed by atoms with Crippen LogP contribution in [0.25, 0.3) is 0 Å². The van der Waals surface area contributed by atoms with Gasteiger partial charge in [0, 0.05) is 25.2 Å². The lowest BCUT2D eigenvalue weighted by atomic mass is 10.1. The Hall–Kier alpha value is -1.39. The highest BCUT2D eigenvalue weighted by atomic mass is 16.1. The minimum absolute atomic E-state index is 0.0513. The third kappa shape index (κ3) is 5.41. The molecule has 106 valence electrons. The lowest BCUT2D eigenvalue weighted by Crippen LogP contribution is -2.28. The molecule has 3 N–H and O–H groups in total. The van der Waals surface area contributed by atoms with Crippen LogP contribution in [0.4, 0.5) is 5.69 Å². The van der Waals surface area contributed by atoms with Crippen LogP contribution in [0.15, 0.2) is 24.3 Å². The van der Waals surface area contributed by atoms with Crippen molar-refractivity contribution in [2.75, 3.05) is 25.0 Å². The van der Waals surface area contributed by atoms with Gasteiger partial charge in [0.05, 0.1) is 0 Å². The summed E-state index contributed by atoms with van der Waals surface area (Å²) < 4.78 is 0. The SMILES string of the molecule is CCCN(CC)CCC(=O)Nc1ccccc1CN. The molecule has 1 amide bonds. The van der Waals surface area contributed by atoms with Gasteiger partial charge in [-0.15, -0.1) is 0 Å². The number of carbonyl (C=O) groups excluding carboxylic acids is 1. The Bertz CT molecular complexity index is 393. The number of benzene rings is 1. The minimum atomic E-state index is 0.0513. The van der Waals surface area contributed by atoms with Gasteiger partial charge >= 0.3 is 0 Å². The molecule has 0 aliphatic heterocycles. The van der Waals surface area contributed by atoms with E-state index in [9.17, 15) is 4.79 Å². The monoisotopic (exact) mass is 263 g/mol. The van der Waals surface area contributed by atoms with E-state index in [1.54, 1.807) is 0 Å². The van der Waals surface area contributed by atoms with E-state index in [0.717, 1.165) is 37.3 Å². The first-order chi connectivity index (χ1) is 9.21. The number of anilines is 1. The highest BCUT2D eigenvalue weighted by Crippen LogP contribution is 2.14. The second-order valence-electron chi connectivity index (χ2n) is 4.59. The van der Waals surface area contributed by atoms with Crippen molar-refractivity contribution in [3.05, 3.63) is 29.8 Å². The third-order valence-electron chi connectivity index (χ3n) is 3.15. The Balaban J connectivity index is 2.46. The van der Waals surface area contributed by atoms with Gasteiger partial charge in [-0.25, -0.2) is 0 Å². The Kier molecular flexibility index (Phi) is 7.15. The van der Waals surface area contributed by atoms with Crippen molar-refractivity contribution in [2.24, 2.45) is 5.73 Å². The summed E-state index contributed by atoms with van der Waals surface area (Å²) in [6, 6.07) is 7.66. The van der Waals surface area contributed by atoms with Gasteiger partial charge in [0.25, 0.3) is 0 Å². The van der Waals surface area contributed by atoms with Gasteiger partial charge in [-0.05, 0) is 31.1 Å². The van der Waals surface area contributed by atoms with Crippen molar-refractivity contribution in [1.82, 2.24) is 4.90 Å². The average molecular weight is 263 g/mol. The van der Waals surface area contributed by atoms with Crippen LogP contribution < -0.4 is 11.1 Å². The topological polar surface area (TPSA) is 58.4 Å². The molecule has 0 spiro atoms. The molecule has 0 saturated carbocycles. The van der Waals surface area contributed by atoms with E-state index in [1.165, 1.54) is 0 Å². The van der Waals surface area contributed by atoms with E-state index in [0.29, 0.717) is 13.0 Å². The number of nitrogens with one attached hydrogen (secondary N) is 1. The van der Waals surface area contributed by atoms with E-state index in [1.807, 2.05) is 24.3 Å². The van der Waals surface area contributed by atoms with E-state index < -0.39 is 0 Å². The number of amides is 1. The van der Waals surface area contributed by atoms with Crippen LogP contribution >= 0.6 is 0 Å². The van der Waals surface area contributed by atoms with Crippen LogP contribution in [0, 0.1) is 0 Å². The molecule has 0 atom stereocenters. The lowest BCUT2D eigenvalue weighted by molar-refractivity contribution is -0.116. The first-order valence-corrected chi connectivity index (χ1v) is 7.01. The zero-order valence-electron chi connectivity index (χ0n) is 12.0. The molecular formula is C15H25N3O. The van der Waals surface area contributed by atoms with Gasteiger partial charge < -0.3 is 16.0 Å². The molecule has 4 nitrogen and oxygen atoms in total. The molecule has 0 heterocycles. The number of rotatable bonds is 8. The molecule has 0 aliphatic carbocycles. The Morgan fingerprint density at radius 3 is 2.63 bits per heavy atom. The fourth-order valence-electron chi connectivity index (χ4n) is 2.04. The van der Waals surface area contributed by atoms with Crippen molar-refractivity contribution in [3.8, 4) is 0 Å². The second-order valence-corrected chi connectivity index (χ2v) is 4.59. The van der Waals surface area contributed by atoms with Crippen LogP contribution in [-0.2, 0) is 11.3 Å². The summed E-state index contributed by atoms with van der Waals surface area (Å²) in [4.78, 5) is 14.2. The number of carbonyl (C=O) groups is 1. The smallest absolute Gasteiger partial charge is 0.225 e. The van der Waals surface area contributed by atoms with Gasteiger partial charge in [-0.3, -0.25) is 4.79 Å². The standard InChI is InChI=1S/C15H25N3O/c1-3-10-18(4-2)11-9-15(19)17-14-8-6-5-7-13(14)12-16/h5-8H,3-4,9-12,16H2,1-2H3,(H,17,19). The molecule has 0 saturated heterocycles. The summed E-state index contributed by atoms with van der Waals surface area (Å²) in [6.45, 7) is 7.55. The first kappa shape index (κ1) is 15.7. The number of hydrogen-bond donors (Lipinski definition) is 2. The van der Waals surface area contributed by atoms with Gasteiger partial charge in [0.1, 0.15) is 0 Å². The number of hydrogen-bond acceptors (Lipinski definition) is 3. The fourth-order valence-corrected chi connectivity index (χ4v) is 2.04. The Morgan fingerprint density at radius 2 is 2.00 bits per heavy atom. The van der Waals surface area contributed by atoms with Crippen LogP contribution in [0.3, 0.4) is 0 Å². The number of para-hydroxylation sites is 1. The number of nitrogens with two attached hydrogens (primary N) is 1. The molecule has 4 heteroatoms. The maximum absolute atomic E-state index is 11.9. The quantitative estimate of drug-likeness (QED) is 0.756. The van der Waals surface area contributed by atoms with E-state index in [2.05, 4.69) is 24.1 Å². The predicted molar refractivity (Wildman–Crippen MR) is 80.0 cm³/mol. The lowest BCUT2D eigenvalue weighted by Gasteiger charge is -2.19. The molecule has 0 unspecified atom stereocenters. The third-order valence-corrected chi connectivity index (χ3v) is 3.15. The molecule has 1 aromatic rings. The van der Waals surface area contributed by atoms with E-state index in [4.69, 9.17) is 5.73 Å². The summed E-state index contributed by atoms with van der Waals surface area (Å²) in [5, 5.41) is 2.94. The largest absolute Gasteiger partial charge is 0.326 e. The molecule has 1 rings (SSSR count). The van der Waals surface area contributed by atoms with Crippen LogP contribution in [0.1, 0.15) is 32.3 Å². The summed E-state index contributed by atoms with van der Waals surface area (Å²) in [5.74, 6) is 0.0513. The van der Waals surface area contributed by atoms with Crippen molar-refractivity contribution < 1.29 is 4.79 Å². The van der Waals surface area contributed by atoms with Gasteiger partial charge in [0.15, 0.2) is 0 Å². The minimum Gasteiger partial charge on any atom is -0.326 e. The van der Waals surface area contributed by atoms with Crippen molar-refractivity contribution in [2.45, 2.75) is 33.2 Å². The van der Waals surface area contributed by atoms with Crippen molar-refractivity contribution in [1.29, 1.82) is 0 Å². The Labute approximate surface area is 116 Å². The van der Waals surface area contributed by atoms with Crippen LogP contribution in [0.2, 0.25) is 0 Å². The average Bonchev–Trinajstić information content (AvgIpc) is 2.44. The maximum Gasteiger partial charge on any atom is 0.225 e. The molecule has 19 heavy (non-hydrogen) atoms. The first-order valence-electron chi connectivity index (χ1n) is 7.01. The molecule has 1 aromatic carbocycles. The summed E-state index contributed by atoms with van der Waals surface area (Å²) in [5.41, 5.74) is 7.45. The van der Waals surface area contributed by atoms with E-state index in [-0.39, 0.29) is 5.91 Å². The normalized spacial score (nSPS) is 10.7. The molecule has 0 radical (unpaired) electrons. The van der Waals surface area contributed by atoms with Gasteiger partial charge in [-0.2, -0.15) is 0 Å². The molecule has 0 bridgehead atoms. The second kappa shape index (κ2) is 8.67. The van der Waals surface area contributed by atoms with E-state index >= 15 is 0 Å². The summed E-state index contributed by atoms with van der Waals surface area (Å²) in [7, 11) is 0.